The number of hydrogen-bond acceptors (Lipinski definition) is 5. The zero-order chi connectivity index (χ0) is 15.6. The highest BCUT2D eigenvalue weighted by Crippen LogP contribution is 2.32. The number of benzene rings is 1. The molecule has 0 radical (unpaired) electrons. The molecule has 2 aliphatic rings. The second-order valence-corrected chi connectivity index (χ2v) is 5.66. The molecule has 23 heavy (non-hydrogen) atoms. The molecule has 0 spiro atoms. The Morgan fingerprint density at radius 1 is 1.22 bits per heavy atom. The van der Waals surface area contributed by atoms with Crippen molar-refractivity contribution >= 4 is 11.7 Å². The second kappa shape index (κ2) is 5.79. The quantitative estimate of drug-likeness (QED) is 0.937. The lowest BCUT2D eigenvalue weighted by molar-refractivity contribution is 0.0940. The summed E-state index contributed by atoms with van der Waals surface area (Å²) in [7, 11) is 0. The third-order valence-electron chi connectivity index (χ3n) is 4.13. The number of rotatable bonds is 3. The molecule has 1 aromatic carbocycles. The Morgan fingerprint density at radius 3 is 3.00 bits per heavy atom. The van der Waals surface area contributed by atoms with Gasteiger partial charge in [-0.2, -0.15) is 0 Å². The summed E-state index contributed by atoms with van der Waals surface area (Å²) in [6.07, 6.45) is 2.70. The van der Waals surface area contributed by atoms with Crippen molar-refractivity contribution in [3.63, 3.8) is 0 Å². The van der Waals surface area contributed by atoms with E-state index in [1.807, 2.05) is 18.2 Å². The molecule has 6 heteroatoms. The number of aromatic nitrogens is 1. The van der Waals surface area contributed by atoms with E-state index in [1.54, 1.807) is 24.4 Å². The van der Waals surface area contributed by atoms with Gasteiger partial charge in [0.05, 0.1) is 0 Å². The molecule has 1 atom stereocenters. The zero-order valence-corrected chi connectivity index (χ0v) is 12.6. The first-order valence-electron chi connectivity index (χ1n) is 7.66. The van der Waals surface area contributed by atoms with E-state index in [-0.39, 0.29) is 18.7 Å². The number of nitrogens with zero attached hydrogens (tertiary/aromatic N) is 2. The molecule has 4 rings (SSSR count). The van der Waals surface area contributed by atoms with Gasteiger partial charge in [-0.25, -0.2) is 4.98 Å². The van der Waals surface area contributed by atoms with Crippen LogP contribution in [0.1, 0.15) is 16.8 Å². The summed E-state index contributed by atoms with van der Waals surface area (Å²) < 4.78 is 10.6. The minimum absolute atomic E-state index is 0.0869. The van der Waals surface area contributed by atoms with Crippen LogP contribution in [0.2, 0.25) is 0 Å². The van der Waals surface area contributed by atoms with Gasteiger partial charge in [-0.15, -0.1) is 0 Å². The Labute approximate surface area is 134 Å². The predicted octanol–water partition coefficient (Wildman–Crippen LogP) is 1.82. The number of carbonyl (C=O) groups excluding carboxylic acids is 1. The van der Waals surface area contributed by atoms with Gasteiger partial charge >= 0.3 is 0 Å². The van der Waals surface area contributed by atoms with E-state index >= 15 is 0 Å². The van der Waals surface area contributed by atoms with Crippen molar-refractivity contribution in [2.24, 2.45) is 0 Å². The van der Waals surface area contributed by atoms with Crippen LogP contribution >= 0.6 is 0 Å². The number of anilines is 1. The van der Waals surface area contributed by atoms with Crippen LogP contribution in [0.4, 0.5) is 5.82 Å². The normalized spacial score (nSPS) is 19.0. The first-order chi connectivity index (χ1) is 11.3. The summed E-state index contributed by atoms with van der Waals surface area (Å²) in [6, 6.07) is 11.2. The van der Waals surface area contributed by atoms with E-state index < -0.39 is 0 Å². The maximum atomic E-state index is 12.4. The van der Waals surface area contributed by atoms with Crippen molar-refractivity contribution in [1.29, 1.82) is 0 Å². The van der Waals surface area contributed by atoms with Gasteiger partial charge in [-0.1, -0.05) is 6.07 Å². The monoisotopic (exact) mass is 311 g/mol. The number of nitrogens with one attached hydrogen (secondary N) is 1. The molecule has 0 saturated carbocycles. The Balaban J connectivity index is 1.40. The van der Waals surface area contributed by atoms with E-state index in [0.717, 1.165) is 25.3 Å². The lowest BCUT2D eigenvalue weighted by Gasteiger charge is -2.17. The average molecular weight is 311 g/mol. The van der Waals surface area contributed by atoms with Gasteiger partial charge in [0, 0.05) is 30.9 Å². The molecule has 6 nitrogen and oxygen atoms in total. The molecule has 1 N–H and O–H groups in total. The zero-order valence-electron chi connectivity index (χ0n) is 12.6. The van der Waals surface area contributed by atoms with Crippen molar-refractivity contribution in [3.05, 3.63) is 48.2 Å². The molecule has 0 bridgehead atoms. The van der Waals surface area contributed by atoms with Crippen molar-refractivity contribution in [2.45, 2.75) is 12.5 Å². The number of ether oxygens (including phenoxy) is 2. The Kier molecular flexibility index (Phi) is 3.49. The van der Waals surface area contributed by atoms with E-state index in [2.05, 4.69) is 15.2 Å². The van der Waals surface area contributed by atoms with Crippen molar-refractivity contribution in [3.8, 4) is 11.5 Å². The fourth-order valence-corrected chi connectivity index (χ4v) is 2.93. The van der Waals surface area contributed by atoms with Crippen molar-refractivity contribution in [2.75, 3.05) is 24.8 Å². The van der Waals surface area contributed by atoms with E-state index in [1.165, 1.54) is 0 Å². The predicted molar refractivity (Wildman–Crippen MR) is 84.9 cm³/mol. The van der Waals surface area contributed by atoms with Crippen LogP contribution in [0.3, 0.4) is 0 Å². The average Bonchev–Trinajstić information content (AvgIpc) is 3.24. The Bertz CT molecular complexity index is 720. The standard InChI is InChI=1S/C17H17N3O3/c21-17(12-4-5-14-15(9-12)23-11-22-14)19-13-6-8-20(10-13)16-3-1-2-7-18-16/h1-5,7,9,13H,6,8,10-11H2,(H,19,21). The van der Waals surface area contributed by atoms with Gasteiger partial charge in [-0.3, -0.25) is 4.79 Å². The Hall–Kier alpha value is -2.76. The lowest BCUT2D eigenvalue weighted by atomic mass is 10.1. The van der Waals surface area contributed by atoms with E-state index in [4.69, 9.17) is 9.47 Å². The van der Waals surface area contributed by atoms with Crippen LogP contribution in [0, 0.1) is 0 Å². The fraction of sp³-hybridized carbons (Fsp3) is 0.294. The van der Waals surface area contributed by atoms with Gasteiger partial charge < -0.3 is 19.7 Å². The Morgan fingerprint density at radius 2 is 2.13 bits per heavy atom. The number of amides is 1. The molecule has 1 saturated heterocycles. The van der Waals surface area contributed by atoms with Gasteiger partial charge in [0.25, 0.3) is 5.91 Å². The number of pyridine rings is 1. The number of hydrogen-bond donors (Lipinski definition) is 1. The highest BCUT2D eigenvalue weighted by molar-refractivity contribution is 5.95. The molecule has 1 amide bonds. The molecule has 118 valence electrons. The third-order valence-corrected chi connectivity index (χ3v) is 4.13. The molecule has 1 unspecified atom stereocenters. The third kappa shape index (κ3) is 2.79. The largest absolute Gasteiger partial charge is 0.454 e. The first-order valence-corrected chi connectivity index (χ1v) is 7.66. The molecule has 0 aliphatic carbocycles. The van der Waals surface area contributed by atoms with Crippen molar-refractivity contribution in [1.82, 2.24) is 10.3 Å². The van der Waals surface area contributed by atoms with Crippen LogP contribution in [0.5, 0.6) is 11.5 Å². The topological polar surface area (TPSA) is 63.7 Å². The first kappa shape index (κ1) is 13.9. The number of carbonyl (C=O) groups is 1. The SMILES string of the molecule is O=C(NC1CCN(c2ccccn2)C1)c1ccc2c(c1)OCO2. The minimum atomic E-state index is -0.0869. The summed E-state index contributed by atoms with van der Waals surface area (Å²) in [5.41, 5.74) is 0.588. The maximum Gasteiger partial charge on any atom is 0.251 e. The highest BCUT2D eigenvalue weighted by Gasteiger charge is 2.25. The van der Waals surface area contributed by atoms with Crippen LogP contribution in [-0.2, 0) is 0 Å². The highest BCUT2D eigenvalue weighted by atomic mass is 16.7. The van der Waals surface area contributed by atoms with Crippen LogP contribution in [0.25, 0.3) is 0 Å². The second-order valence-electron chi connectivity index (χ2n) is 5.66. The molecule has 1 aromatic heterocycles. The summed E-state index contributed by atoms with van der Waals surface area (Å²) in [6.45, 7) is 1.87. The fourth-order valence-electron chi connectivity index (χ4n) is 2.93. The summed E-state index contributed by atoms with van der Waals surface area (Å²) in [5.74, 6) is 2.17. The molecule has 3 heterocycles. The van der Waals surface area contributed by atoms with E-state index in [0.29, 0.717) is 17.1 Å². The maximum absolute atomic E-state index is 12.4. The molecular weight excluding hydrogens is 294 g/mol. The smallest absolute Gasteiger partial charge is 0.251 e. The summed E-state index contributed by atoms with van der Waals surface area (Å²) >= 11 is 0. The molecule has 2 aliphatic heterocycles. The van der Waals surface area contributed by atoms with Crippen molar-refractivity contribution < 1.29 is 14.3 Å². The minimum Gasteiger partial charge on any atom is -0.454 e. The summed E-state index contributed by atoms with van der Waals surface area (Å²) in [5, 5.41) is 3.08. The van der Waals surface area contributed by atoms with Gasteiger partial charge in [0.2, 0.25) is 6.79 Å². The summed E-state index contributed by atoms with van der Waals surface area (Å²) in [4.78, 5) is 18.9. The molecule has 1 fully saturated rings. The number of fused-ring (bicyclic) bond motifs is 1. The van der Waals surface area contributed by atoms with Crippen LogP contribution in [0.15, 0.2) is 42.6 Å². The molecular formula is C17H17N3O3. The van der Waals surface area contributed by atoms with Gasteiger partial charge in [-0.05, 0) is 36.8 Å². The van der Waals surface area contributed by atoms with E-state index in [9.17, 15) is 4.79 Å². The van der Waals surface area contributed by atoms with Crippen LogP contribution in [-0.4, -0.2) is 36.8 Å². The lowest BCUT2D eigenvalue weighted by Crippen LogP contribution is -2.37. The molecule has 2 aromatic rings. The van der Waals surface area contributed by atoms with Gasteiger partial charge in [0.15, 0.2) is 11.5 Å². The van der Waals surface area contributed by atoms with Crippen LogP contribution < -0.4 is 19.7 Å². The van der Waals surface area contributed by atoms with Gasteiger partial charge in [0.1, 0.15) is 5.82 Å².